The molecule has 0 N–H and O–H groups in total. The van der Waals surface area contributed by atoms with E-state index >= 15 is 0 Å². The van der Waals surface area contributed by atoms with Gasteiger partial charge in [0.25, 0.3) is 5.91 Å². The first-order chi connectivity index (χ1) is 12.7. The highest BCUT2D eigenvalue weighted by molar-refractivity contribution is 7.13. The number of benzene rings is 1. The van der Waals surface area contributed by atoms with Crippen molar-refractivity contribution >= 4 is 28.1 Å². The van der Waals surface area contributed by atoms with Crippen molar-refractivity contribution in [1.29, 1.82) is 0 Å². The molecule has 0 unspecified atom stereocenters. The second-order valence-corrected chi connectivity index (χ2v) is 7.71. The van der Waals surface area contributed by atoms with Crippen LogP contribution in [0.1, 0.15) is 23.8 Å². The van der Waals surface area contributed by atoms with Crippen LogP contribution < -0.4 is 9.80 Å². The maximum atomic E-state index is 12.7. The average Bonchev–Trinajstić information content (AvgIpc) is 3.19. The maximum absolute atomic E-state index is 12.7. The van der Waals surface area contributed by atoms with E-state index in [4.69, 9.17) is 0 Å². The van der Waals surface area contributed by atoms with Gasteiger partial charge in [0, 0.05) is 50.3 Å². The Balaban J connectivity index is 1.37. The number of hydrogen-bond acceptors (Lipinski definition) is 5. The smallest absolute Gasteiger partial charge is 0.273 e. The van der Waals surface area contributed by atoms with E-state index in [0.29, 0.717) is 12.2 Å². The van der Waals surface area contributed by atoms with Crippen LogP contribution in [0.2, 0.25) is 0 Å². The number of carbonyl (C=O) groups excluding carboxylic acids is 1. The first kappa shape index (κ1) is 17.1. The minimum Gasteiger partial charge on any atom is -0.368 e. The van der Waals surface area contributed by atoms with Crippen molar-refractivity contribution in [3.05, 3.63) is 53.1 Å². The first-order valence-corrected chi connectivity index (χ1v) is 10.0. The largest absolute Gasteiger partial charge is 0.368 e. The van der Waals surface area contributed by atoms with Gasteiger partial charge in [0.15, 0.2) is 5.13 Å². The number of amides is 1. The Kier molecular flexibility index (Phi) is 4.93. The molecule has 0 radical (unpaired) electrons. The van der Waals surface area contributed by atoms with E-state index in [1.807, 2.05) is 16.3 Å². The van der Waals surface area contributed by atoms with Gasteiger partial charge in [0.05, 0.1) is 0 Å². The lowest BCUT2D eigenvalue weighted by molar-refractivity contribution is 0.0764. The zero-order valence-corrected chi connectivity index (χ0v) is 15.9. The number of anilines is 2. The van der Waals surface area contributed by atoms with Gasteiger partial charge in [-0.1, -0.05) is 29.8 Å². The molecule has 1 aromatic carbocycles. The monoisotopic (exact) mass is 368 g/mol. The fourth-order valence-corrected chi connectivity index (χ4v) is 4.27. The maximum Gasteiger partial charge on any atom is 0.273 e. The zero-order valence-electron chi connectivity index (χ0n) is 15.1. The number of thiazole rings is 1. The van der Waals surface area contributed by atoms with Crippen molar-refractivity contribution < 1.29 is 4.79 Å². The molecular weight excluding hydrogens is 344 g/mol. The van der Waals surface area contributed by atoms with Crippen LogP contribution in [0.5, 0.6) is 0 Å². The molecule has 1 aromatic heterocycles. The molecule has 5 nitrogen and oxygen atoms in total. The van der Waals surface area contributed by atoms with Gasteiger partial charge >= 0.3 is 0 Å². The van der Waals surface area contributed by atoms with Crippen LogP contribution >= 0.6 is 11.3 Å². The Morgan fingerprint density at radius 1 is 1.04 bits per heavy atom. The minimum absolute atomic E-state index is 0.0548. The molecule has 2 aliphatic heterocycles. The van der Waals surface area contributed by atoms with E-state index in [0.717, 1.165) is 44.3 Å². The third-order valence-electron chi connectivity index (χ3n) is 5.11. The first-order valence-electron chi connectivity index (χ1n) is 9.16. The second kappa shape index (κ2) is 7.50. The fourth-order valence-electron chi connectivity index (χ4n) is 3.42. The van der Waals surface area contributed by atoms with Gasteiger partial charge in [-0.3, -0.25) is 4.79 Å². The molecule has 4 rings (SSSR count). The summed E-state index contributed by atoms with van der Waals surface area (Å²) in [7, 11) is 0. The number of carbonyl (C=O) groups is 1. The molecule has 0 bridgehead atoms. The molecule has 136 valence electrons. The highest BCUT2D eigenvalue weighted by Crippen LogP contribution is 2.25. The Labute approximate surface area is 158 Å². The minimum atomic E-state index is 0.0548. The van der Waals surface area contributed by atoms with Crippen molar-refractivity contribution in [1.82, 2.24) is 9.88 Å². The predicted octanol–water partition coefficient (Wildman–Crippen LogP) is 3.26. The summed E-state index contributed by atoms with van der Waals surface area (Å²) in [4.78, 5) is 23.9. The van der Waals surface area contributed by atoms with Gasteiger partial charge in [0.2, 0.25) is 0 Å². The van der Waals surface area contributed by atoms with Crippen LogP contribution in [-0.2, 0) is 0 Å². The molecule has 6 heteroatoms. The van der Waals surface area contributed by atoms with E-state index in [9.17, 15) is 4.79 Å². The van der Waals surface area contributed by atoms with Crippen LogP contribution in [0.15, 0.2) is 47.4 Å². The third kappa shape index (κ3) is 3.60. The Morgan fingerprint density at radius 2 is 1.77 bits per heavy atom. The summed E-state index contributed by atoms with van der Waals surface area (Å²) < 4.78 is 0. The topological polar surface area (TPSA) is 39.7 Å². The highest BCUT2D eigenvalue weighted by Gasteiger charge is 2.23. The molecule has 0 aliphatic carbocycles. The Morgan fingerprint density at radius 3 is 2.46 bits per heavy atom. The molecule has 26 heavy (non-hydrogen) atoms. The van der Waals surface area contributed by atoms with Gasteiger partial charge in [-0.2, -0.15) is 0 Å². The molecule has 2 aromatic rings. The summed E-state index contributed by atoms with van der Waals surface area (Å²) in [6, 6.07) is 10.5. The van der Waals surface area contributed by atoms with Crippen molar-refractivity contribution in [2.24, 2.45) is 0 Å². The quantitative estimate of drug-likeness (QED) is 0.780. The fraction of sp³-hybridized carbons (Fsp3) is 0.400. The van der Waals surface area contributed by atoms with E-state index in [1.165, 1.54) is 11.3 Å². The van der Waals surface area contributed by atoms with Crippen molar-refractivity contribution in [3.8, 4) is 0 Å². The number of aromatic nitrogens is 1. The molecule has 0 saturated carbocycles. The number of rotatable bonds is 3. The summed E-state index contributed by atoms with van der Waals surface area (Å²) in [5.41, 5.74) is 3.23. The summed E-state index contributed by atoms with van der Waals surface area (Å²) in [6.07, 6.45) is 3.10. The number of nitrogens with zero attached hydrogens (tertiary/aromatic N) is 4. The van der Waals surface area contributed by atoms with Gasteiger partial charge in [0.1, 0.15) is 5.69 Å². The van der Waals surface area contributed by atoms with E-state index in [-0.39, 0.29) is 5.91 Å². The standard InChI is InChI=1S/C20H24N4OS/c1-16-7-9-23(10-8-16)19(25)18-15-26-20(21-18)24-13-11-22(12-14-24)17-5-3-2-4-6-17/h2-7,15H,8-14H2,1H3. The SMILES string of the molecule is CC1=CCN(C(=O)c2csc(N3CCN(c4ccccc4)CC3)n2)CC1. The van der Waals surface area contributed by atoms with Crippen LogP contribution in [-0.4, -0.2) is 55.1 Å². The normalized spacial score (nSPS) is 18.0. The molecule has 1 saturated heterocycles. The van der Waals surface area contributed by atoms with Crippen molar-refractivity contribution in [2.75, 3.05) is 49.1 Å². The molecule has 3 heterocycles. The van der Waals surface area contributed by atoms with Gasteiger partial charge in [-0.15, -0.1) is 11.3 Å². The van der Waals surface area contributed by atoms with Gasteiger partial charge in [-0.25, -0.2) is 4.98 Å². The van der Waals surface area contributed by atoms with Crippen molar-refractivity contribution in [2.45, 2.75) is 13.3 Å². The average molecular weight is 369 g/mol. The molecular formula is C20H24N4OS. The van der Waals surface area contributed by atoms with E-state index in [1.54, 1.807) is 11.3 Å². The van der Waals surface area contributed by atoms with Gasteiger partial charge in [-0.05, 0) is 25.5 Å². The zero-order chi connectivity index (χ0) is 17.9. The van der Waals surface area contributed by atoms with Crippen LogP contribution in [0.3, 0.4) is 0 Å². The lowest BCUT2D eigenvalue weighted by Crippen LogP contribution is -2.46. The van der Waals surface area contributed by atoms with E-state index < -0.39 is 0 Å². The number of piperazine rings is 1. The third-order valence-corrected chi connectivity index (χ3v) is 6.01. The number of hydrogen-bond donors (Lipinski definition) is 0. The molecule has 0 atom stereocenters. The molecule has 1 fully saturated rings. The summed E-state index contributed by atoms with van der Waals surface area (Å²) >= 11 is 1.58. The summed E-state index contributed by atoms with van der Waals surface area (Å²) in [6.45, 7) is 7.43. The van der Waals surface area contributed by atoms with Crippen LogP contribution in [0, 0.1) is 0 Å². The molecule has 0 spiro atoms. The van der Waals surface area contributed by atoms with Crippen molar-refractivity contribution in [3.63, 3.8) is 0 Å². The number of para-hydroxylation sites is 1. The van der Waals surface area contributed by atoms with E-state index in [2.05, 4.69) is 52.0 Å². The van der Waals surface area contributed by atoms with Crippen LogP contribution in [0.25, 0.3) is 0 Å². The predicted molar refractivity (Wildman–Crippen MR) is 107 cm³/mol. The highest BCUT2D eigenvalue weighted by atomic mass is 32.1. The summed E-state index contributed by atoms with van der Waals surface area (Å²) in [5.74, 6) is 0.0548. The molecule has 2 aliphatic rings. The Bertz CT molecular complexity index is 793. The Hall–Kier alpha value is -2.34. The molecule has 1 amide bonds. The summed E-state index contributed by atoms with van der Waals surface area (Å²) in [5, 5.41) is 2.87. The van der Waals surface area contributed by atoms with Crippen LogP contribution in [0.4, 0.5) is 10.8 Å². The van der Waals surface area contributed by atoms with Gasteiger partial charge < -0.3 is 14.7 Å². The second-order valence-electron chi connectivity index (χ2n) is 6.88. The lowest BCUT2D eigenvalue weighted by atomic mass is 10.1. The lowest BCUT2D eigenvalue weighted by Gasteiger charge is -2.36.